The van der Waals surface area contributed by atoms with Crippen molar-refractivity contribution >= 4 is 18.2 Å². The highest BCUT2D eigenvalue weighted by molar-refractivity contribution is 6.04. The van der Waals surface area contributed by atoms with E-state index in [4.69, 9.17) is 0 Å². The van der Waals surface area contributed by atoms with Crippen LogP contribution in [0.4, 0.5) is 0 Å². The summed E-state index contributed by atoms with van der Waals surface area (Å²) in [7, 11) is 0. The number of hydrogen-bond donors (Lipinski definition) is 1. The molecule has 0 spiro atoms. The van der Waals surface area contributed by atoms with Crippen molar-refractivity contribution in [2.75, 3.05) is 13.1 Å². The molecule has 0 radical (unpaired) electrons. The Labute approximate surface area is 196 Å². The van der Waals surface area contributed by atoms with Crippen LogP contribution in [0.15, 0.2) is 84.9 Å². The molecule has 1 fully saturated rings. The van der Waals surface area contributed by atoms with E-state index in [9.17, 15) is 9.90 Å². The molecule has 3 nitrogen and oxygen atoms in total. The van der Waals surface area contributed by atoms with Gasteiger partial charge in [-0.05, 0) is 49.0 Å². The van der Waals surface area contributed by atoms with Crippen molar-refractivity contribution in [1.29, 1.82) is 0 Å². The first-order valence-corrected chi connectivity index (χ1v) is 11.3. The number of piperidine rings is 1. The maximum Gasteiger partial charge on any atom is 0.173 e. The van der Waals surface area contributed by atoms with Crippen molar-refractivity contribution in [3.8, 4) is 0 Å². The lowest BCUT2D eigenvalue weighted by Crippen LogP contribution is -2.55. The van der Waals surface area contributed by atoms with E-state index in [0.29, 0.717) is 6.42 Å². The van der Waals surface area contributed by atoms with Crippen molar-refractivity contribution in [3.63, 3.8) is 0 Å². The standard InChI is InChI=1S/C28H29NO2.ClH/c30-26-20-23-12-8-7-11-22(23)19-25(26)29-17-15-28(16-18-29,24-13-5-2-6-14-24)27(31)21-9-3-1-4-10-21;/h1-14,25-26,30H,15-20H2;1H/t25-,26-;/m1./s1. The summed E-state index contributed by atoms with van der Waals surface area (Å²) in [5, 5.41) is 10.9. The zero-order valence-corrected chi connectivity index (χ0v) is 19.0. The SMILES string of the molecule is Cl.O=C(c1ccccc1)C1(c2ccccc2)CCN([C@@H]2Cc3ccccc3C[C@H]2O)CC1. The molecule has 32 heavy (non-hydrogen) atoms. The fourth-order valence-corrected chi connectivity index (χ4v) is 5.56. The van der Waals surface area contributed by atoms with E-state index in [-0.39, 0.29) is 30.3 Å². The van der Waals surface area contributed by atoms with Crippen LogP contribution < -0.4 is 0 Å². The van der Waals surface area contributed by atoms with Crippen LogP contribution in [0, 0.1) is 0 Å². The van der Waals surface area contributed by atoms with Crippen LogP contribution in [0.2, 0.25) is 0 Å². The number of rotatable bonds is 4. The van der Waals surface area contributed by atoms with Crippen LogP contribution in [0.3, 0.4) is 0 Å². The Hall–Kier alpha value is -2.46. The lowest BCUT2D eigenvalue weighted by Gasteiger charge is -2.46. The van der Waals surface area contributed by atoms with Crippen LogP contribution in [0.5, 0.6) is 0 Å². The Morgan fingerprint density at radius 1 is 0.781 bits per heavy atom. The molecule has 5 rings (SSSR count). The van der Waals surface area contributed by atoms with Gasteiger partial charge in [0.05, 0.1) is 11.5 Å². The van der Waals surface area contributed by atoms with Gasteiger partial charge in [-0.2, -0.15) is 0 Å². The average molecular weight is 448 g/mol. The normalized spacial score (nSPS) is 22.4. The minimum Gasteiger partial charge on any atom is -0.391 e. The molecule has 2 aliphatic rings. The third-order valence-electron chi connectivity index (χ3n) is 7.34. The lowest BCUT2D eigenvalue weighted by molar-refractivity contribution is 0.0188. The number of hydrogen-bond acceptors (Lipinski definition) is 3. The maximum absolute atomic E-state index is 13.8. The second-order valence-corrected chi connectivity index (χ2v) is 8.99. The van der Waals surface area contributed by atoms with Crippen molar-refractivity contribution in [3.05, 3.63) is 107 Å². The number of benzene rings is 3. The first-order chi connectivity index (χ1) is 15.2. The largest absolute Gasteiger partial charge is 0.391 e. The number of likely N-dealkylation sites (tertiary alicyclic amines) is 1. The molecule has 1 saturated heterocycles. The molecular formula is C28H30ClNO2. The van der Waals surface area contributed by atoms with E-state index in [1.54, 1.807) is 0 Å². The van der Waals surface area contributed by atoms with Crippen LogP contribution in [0.1, 0.15) is 39.9 Å². The fourth-order valence-electron chi connectivity index (χ4n) is 5.56. The van der Waals surface area contributed by atoms with E-state index in [1.165, 1.54) is 11.1 Å². The maximum atomic E-state index is 13.8. The number of aliphatic hydroxyl groups excluding tert-OH is 1. The Bertz CT molecular complexity index is 1050. The van der Waals surface area contributed by atoms with E-state index in [1.807, 2.05) is 48.5 Å². The first kappa shape index (κ1) is 22.7. The molecule has 1 aliphatic carbocycles. The average Bonchev–Trinajstić information content (AvgIpc) is 2.84. The van der Waals surface area contributed by atoms with Gasteiger partial charge in [0, 0.05) is 18.0 Å². The van der Waals surface area contributed by atoms with E-state index in [2.05, 4.69) is 41.3 Å². The third kappa shape index (κ3) is 4.13. The van der Waals surface area contributed by atoms with Crippen LogP contribution in [-0.4, -0.2) is 41.0 Å². The number of fused-ring (bicyclic) bond motifs is 1. The molecule has 0 saturated carbocycles. The topological polar surface area (TPSA) is 40.5 Å². The van der Waals surface area contributed by atoms with Gasteiger partial charge < -0.3 is 5.11 Å². The smallest absolute Gasteiger partial charge is 0.173 e. The zero-order chi connectivity index (χ0) is 21.3. The fraction of sp³-hybridized carbons (Fsp3) is 0.321. The predicted molar refractivity (Wildman–Crippen MR) is 131 cm³/mol. The second-order valence-electron chi connectivity index (χ2n) is 8.99. The minimum absolute atomic E-state index is 0. The van der Waals surface area contributed by atoms with E-state index < -0.39 is 5.41 Å². The van der Waals surface area contributed by atoms with Crippen LogP contribution in [-0.2, 0) is 18.3 Å². The third-order valence-corrected chi connectivity index (χ3v) is 7.34. The van der Waals surface area contributed by atoms with Crippen LogP contribution >= 0.6 is 12.4 Å². The summed E-state index contributed by atoms with van der Waals surface area (Å²) in [5.74, 6) is 0.216. The Kier molecular flexibility index (Phi) is 6.80. The summed E-state index contributed by atoms with van der Waals surface area (Å²) in [5.41, 5.74) is 4.00. The van der Waals surface area contributed by atoms with Gasteiger partial charge in [-0.15, -0.1) is 12.4 Å². The molecule has 0 unspecified atom stereocenters. The second kappa shape index (κ2) is 9.58. The summed E-state index contributed by atoms with van der Waals surface area (Å²) in [6.45, 7) is 1.63. The number of carbonyl (C=O) groups excluding carboxylic acids is 1. The highest BCUT2D eigenvalue weighted by Gasteiger charge is 2.45. The molecule has 1 heterocycles. The number of Topliss-reactive ketones (excluding diaryl/α,β-unsaturated/α-hetero) is 1. The predicted octanol–water partition coefficient (Wildman–Crippen LogP) is 4.85. The highest BCUT2D eigenvalue weighted by Crippen LogP contribution is 2.40. The van der Waals surface area contributed by atoms with E-state index in [0.717, 1.165) is 43.5 Å². The number of aliphatic hydroxyl groups is 1. The Balaban J connectivity index is 0.00000245. The van der Waals surface area contributed by atoms with Crippen molar-refractivity contribution < 1.29 is 9.90 Å². The Morgan fingerprint density at radius 3 is 1.94 bits per heavy atom. The molecule has 1 N–H and O–H groups in total. The van der Waals surface area contributed by atoms with Gasteiger partial charge in [0.25, 0.3) is 0 Å². The summed E-state index contributed by atoms with van der Waals surface area (Å²) in [6.07, 6.45) is 2.78. The lowest BCUT2D eigenvalue weighted by atomic mass is 9.67. The molecular weight excluding hydrogens is 418 g/mol. The highest BCUT2D eigenvalue weighted by atomic mass is 35.5. The van der Waals surface area contributed by atoms with Crippen LogP contribution in [0.25, 0.3) is 0 Å². The summed E-state index contributed by atoms with van der Waals surface area (Å²) in [4.78, 5) is 16.2. The number of ketones is 1. The monoisotopic (exact) mass is 447 g/mol. The minimum atomic E-state index is -0.503. The molecule has 0 amide bonds. The number of nitrogens with zero attached hydrogens (tertiary/aromatic N) is 1. The van der Waals surface area contributed by atoms with Gasteiger partial charge >= 0.3 is 0 Å². The summed E-state index contributed by atoms with van der Waals surface area (Å²) >= 11 is 0. The van der Waals surface area contributed by atoms with Gasteiger partial charge in [0.15, 0.2) is 5.78 Å². The van der Waals surface area contributed by atoms with Gasteiger partial charge in [-0.1, -0.05) is 84.9 Å². The van der Waals surface area contributed by atoms with Gasteiger partial charge in [0.2, 0.25) is 0 Å². The number of carbonyl (C=O) groups is 1. The Morgan fingerprint density at radius 2 is 1.31 bits per heavy atom. The molecule has 3 aromatic rings. The van der Waals surface area contributed by atoms with Gasteiger partial charge in [-0.3, -0.25) is 9.69 Å². The van der Waals surface area contributed by atoms with Crippen molar-refractivity contribution in [2.24, 2.45) is 0 Å². The van der Waals surface area contributed by atoms with Gasteiger partial charge in [-0.25, -0.2) is 0 Å². The first-order valence-electron chi connectivity index (χ1n) is 11.3. The summed E-state index contributed by atoms with van der Waals surface area (Å²) < 4.78 is 0. The van der Waals surface area contributed by atoms with Gasteiger partial charge in [0.1, 0.15) is 0 Å². The molecule has 4 heteroatoms. The molecule has 3 aromatic carbocycles. The number of halogens is 1. The molecule has 1 aliphatic heterocycles. The van der Waals surface area contributed by atoms with Crippen molar-refractivity contribution in [2.45, 2.75) is 43.2 Å². The van der Waals surface area contributed by atoms with Crippen molar-refractivity contribution in [1.82, 2.24) is 4.90 Å². The molecule has 2 atom stereocenters. The molecule has 0 bridgehead atoms. The quantitative estimate of drug-likeness (QED) is 0.581. The van der Waals surface area contributed by atoms with E-state index >= 15 is 0 Å². The molecule has 0 aromatic heterocycles. The zero-order valence-electron chi connectivity index (χ0n) is 18.2. The summed E-state index contributed by atoms with van der Waals surface area (Å²) in [6, 6.07) is 28.5. The molecule has 166 valence electrons.